The van der Waals surface area contributed by atoms with Gasteiger partial charge in [0.05, 0.1) is 19.1 Å². The van der Waals surface area contributed by atoms with Crippen molar-refractivity contribution in [3.63, 3.8) is 0 Å². The van der Waals surface area contributed by atoms with Gasteiger partial charge in [0.25, 0.3) is 0 Å². The average Bonchev–Trinajstić information content (AvgIpc) is 2.73. The lowest BCUT2D eigenvalue weighted by molar-refractivity contribution is -0.125. The van der Waals surface area contributed by atoms with Gasteiger partial charge in [-0.15, -0.1) is 0 Å². The molecule has 0 bridgehead atoms. The van der Waals surface area contributed by atoms with Crippen LogP contribution in [0.1, 0.15) is 18.1 Å². The smallest absolute Gasteiger partial charge is 0.225 e. The molecule has 5 nitrogen and oxygen atoms in total. The third kappa shape index (κ3) is 3.41. The van der Waals surface area contributed by atoms with Gasteiger partial charge in [-0.05, 0) is 44.0 Å². The third-order valence-electron chi connectivity index (χ3n) is 6.01. The summed E-state index contributed by atoms with van der Waals surface area (Å²) in [5.74, 6) is 0.980. The normalized spacial score (nSPS) is 21.0. The maximum atomic E-state index is 12.9. The lowest BCUT2D eigenvalue weighted by Crippen LogP contribution is -2.61. The van der Waals surface area contributed by atoms with Crippen molar-refractivity contribution in [3.05, 3.63) is 53.6 Å². The molecule has 1 fully saturated rings. The van der Waals surface area contributed by atoms with Gasteiger partial charge in [-0.1, -0.05) is 23.8 Å². The fourth-order valence-corrected chi connectivity index (χ4v) is 4.50. The Labute approximate surface area is 167 Å². The molecule has 5 heteroatoms. The van der Waals surface area contributed by atoms with Crippen LogP contribution in [0.2, 0.25) is 0 Å². The van der Waals surface area contributed by atoms with Crippen molar-refractivity contribution < 1.29 is 9.53 Å². The highest BCUT2D eigenvalue weighted by molar-refractivity contribution is 5.82. The van der Waals surface area contributed by atoms with Crippen LogP contribution in [-0.4, -0.2) is 45.2 Å². The van der Waals surface area contributed by atoms with Crippen LogP contribution in [0, 0.1) is 12.8 Å². The number of anilines is 2. The number of nitrogens with zero attached hydrogens (tertiary/aromatic N) is 2. The molecule has 0 spiro atoms. The number of methoxy groups -OCH3 is 1. The molecular weight excluding hydrogens is 350 g/mol. The van der Waals surface area contributed by atoms with Gasteiger partial charge < -0.3 is 19.9 Å². The molecule has 1 saturated heterocycles. The van der Waals surface area contributed by atoms with Crippen LogP contribution in [0.3, 0.4) is 0 Å². The highest BCUT2D eigenvalue weighted by atomic mass is 16.5. The van der Waals surface area contributed by atoms with Crippen LogP contribution in [-0.2, 0) is 11.2 Å². The lowest BCUT2D eigenvalue weighted by atomic mass is 9.83. The van der Waals surface area contributed by atoms with E-state index in [4.69, 9.17) is 4.74 Å². The highest BCUT2D eigenvalue weighted by Crippen LogP contribution is 2.38. The Hall–Kier alpha value is -2.69. The zero-order valence-corrected chi connectivity index (χ0v) is 16.9. The molecule has 0 aliphatic carbocycles. The number of benzene rings is 2. The standard InChI is InChI=1S/C23H29N3O2/c1-4-24-23(27)20-13-17-7-10-19(28-3)14-21(17)26-12-11-25(15-22(20)26)18-8-5-16(2)6-9-18/h5-10,14,20,22H,4,11-13,15H2,1-3H3,(H,24,27)/t20-,22+/m1/s1. The molecule has 0 saturated carbocycles. The Bertz CT molecular complexity index is 849. The van der Waals surface area contributed by atoms with Crippen LogP contribution >= 0.6 is 0 Å². The Morgan fingerprint density at radius 3 is 2.68 bits per heavy atom. The first-order valence-corrected chi connectivity index (χ1v) is 10.1. The number of piperazine rings is 1. The van der Waals surface area contributed by atoms with Gasteiger partial charge in [0.2, 0.25) is 5.91 Å². The molecular formula is C23H29N3O2. The SMILES string of the molecule is CCNC(=O)[C@@H]1Cc2ccc(OC)cc2N2CCN(c3ccc(C)cc3)C[C@@H]12. The van der Waals surface area contributed by atoms with Gasteiger partial charge in [-0.2, -0.15) is 0 Å². The molecule has 2 atom stereocenters. The van der Waals surface area contributed by atoms with Crippen molar-refractivity contribution in [3.8, 4) is 5.75 Å². The van der Waals surface area contributed by atoms with Gasteiger partial charge >= 0.3 is 0 Å². The van der Waals surface area contributed by atoms with E-state index >= 15 is 0 Å². The topological polar surface area (TPSA) is 44.8 Å². The van der Waals surface area contributed by atoms with Crippen LogP contribution in [0.5, 0.6) is 5.75 Å². The second-order valence-corrected chi connectivity index (χ2v) is 7.74. The number of fused-ring (bicyclic) bond motifs is 3. The van der Waals surface area contributed by atoms with Gasteiger partial charge in [0.15, 0.2) is 0 Å². The molecule has 2 aliphatic rings. The molecule has 0 unspecified atom stereocenters. The van der Waals surface area contributed by atoms with Gasteiger partial charge in [-0.3, -0.25) is 4.79 Å². The summed E-state index contributed by atoms with van der Waals surface area (Å²) in [6.45, 7) is 7.45. The summed E-state index contributed by atoms with van der Waals surface area (Å²) in [4.78, 5) is 17.7. The maximum absolute atomic E-state index is 12.9. The highest BCUT2D eigenvalue weighted by Gasteiger charge is 2.41. The van der Waals surface area contributed by atoms with E-state index in [0.29, 0.717) is 6.54 Å². The van der Waals surface area contributed by atoms with E-state index in [9.17, 15) is 4.79 Å². The number of amides is 1. The summed E-state index contributed by atoms with van der Waals surface area (Å²) in [6.07, 6.45) is 0.772. The first-order chi connectivity index (χ1) is 13.6. The molecule has 2 aromatic rings. The molecule has 1 N–H and O–H groups in total. The minimum Gasteiger partial charge on any atom is -0.497 e. The number of rotatable bonds is 4. The lowest BCUT2D eigenvalue weighted by Gasteiger charge is -2.49. The molecule has 2 aliphatic heterocycles. The molecule has 1 amide bonds. The van der Waals surface area contributed by atoms with Crippen molar-refractivity contribution in [2.45, 2.75) is 26.3 Å². The largest absolute Gasteiger partial charge is 0.497 e. The van der Waals surface area contributed by atoms with Gasteiger partial charge in [0.1, 0.15) is 5.75 Å². The van der Waals surface area contributed by atoms with E-state index in [1.807, 2.05) is 13.0 Å². The minimum atomic E-state index is -0.0471. The number of hydrogen-bond donors (Lipinski definition) is 1. The van der Waals surface area contributed by atoms with Crippen LogP contribution in [0.25, 0.3) is 0 Å². The summed E-state index contributed by atoms with van der Waals surface area (Å²) in [5, 5.41) is 3.05. The monoisotopic (exact) mass is 379 g/mol. The average molecular weight is 380 g/mol. The molecule has 2 heterocycles. The molecule has 2 aromatic carbocycles. The van der Waals surface area contributed by atoms with Gasteiger partial charge in [-0.25, -0.2) is 0 Å². The third-order valence-corrected chi connectivity index (χ3v) is 6.01. The molecule has 4 rings (SSSR count). The van der Waals surface area contributed by atoms with E-state index < -0.39 is 0 Å². The van der Waals surface area contributed by atoms with Crippen molar-refractivity contribution in [1.82, 2.24) is 5.32 Å². The number of hydrogen-bond acceptors (Lipinski definition) is 4. The van der Waals surface area contributed by atoms with Crippen LogP contribution in [0.4, 0.5) is 11.4 Å². The fourth-order valence-electron chi connectivity index (χ4n) is 4.50. The van der Waals surface area contributed by atoms with Crippen LogP contribution in [0.15, 0.2) is 42.5 Å². The van der Waals surface area contributed by atoms with Crippen molar-refractivity contribution >= 4 is 17.3 Å². The molecule has 0 radical (unpaired) electrons. The Morgan fingerprint density at radius 2 is 1.96 bits per heavy atom. The van der Waals surface area contributed by atoms with Crippen LogP contribution < -0.4 is 19.9 Å². The summed E-state index contributed by atoms with van der Waals surface area (Å²) < 4.78 is 5.46. The summed E-state index contributed by atoms with van der Waals surface area (Å²) in [7, 11) is 1.70. The predicted octanol–water partition coefficient (Wildman–Crippen LogP) is 3.01. The zero-order chi connectivity index (χ0) is 19.7. The van der Waals surface area contributed by atoms with E-state index in [0.717, 1.165) is 31.8 Å². The zero-order valence-electron chi connectivity index (χ0n) is 16.9. The number of carbonyl (C=O) groups is 1. The second kappa shape index (κ2) is 7.74. The van der Waals surface area contributed by atoms with Crippen molar-refractivity contribution in [2.75, 3.05) is 43.1 Å². The molecule has 0 aromatic heterocycles. The first-order valence-electron chi connectivity index (χ1n) is 10.1. The summed E-state index contributed by atoms with van der Waals surface area (Å²) in [5.41, 5.74) is 4.95. The summed E-state index contributed by atoms with van der Waals surface area (Å²) in [6, 6.07) is 15.1. The quantitative estimate of drug-likeness (QED) is 0.887. The molecule has 28 heavy (non-hydrogen) atoms. The predicted molar refractivity (Wildman–Crippen MR) is 113 cm³/mol. The number of ether oxygens (including phenoxy) is 1. The van der Waals surface area contributed by atoms with E-state index in [1.165, 1.54) is 22.5 Å². The van der Waals surface area contributed by atoms with Crippen molar-refractivity contribution in [2.24, 2.45) is 5.92 Å². The summed E-state index contributed by atoms with van der Waals surface area (Å²) >= 11 is 0. The van der Waals surface area contributed by atoms with Crippen molar-refractivity contribution in [1.29, 1.82) is 0 Å². The van der Waals surface area contributed by atoms with E-state index in [2.05, 4.69) is 58.4 Å². The van der Waals surface area contributed by atoms with Gasteiger partial charge in [0, 0.05) is 43.6 Å². The number of carbonyl (C=O) groups excluding carboxylic acids is 1. The first kappa shape index (κ1) is 18.7. The Morgan fingerprint density at radius 1 is 1.18 bits per heavy atom. The number of nitrogens with one attached hydrogen (secondary N) is 1. The van der Waals surface area contributed by atoms with E-state index in [1.54, 1.807) is 7.11 Å². The Kier molecular flexibility index (Phi) is 5.16. The molecule has 148 valence electrons. The Balaban J connectivity index is 1.67. The fraction of sp³-hybridized carbons (Fsp3) is 0.435. The second-order valence-electron chi connectivity index (χ2n) is 7.74. The minimum absolute atomic E-state index is 0.0471. The number of aryl methyl sites for hydroxylation is 1. The van der Waals surface area contributed by atoms with E-state index in [-0.39, 0.29) is 17.9 Å². The maximum Gasteiger partial charge on any atom is 0.225 e.